The van der Waals surface area contributed by atoms with Crippen LogP contribution in [-0.4, -0.2) is 49.9 Å². The van der Waals surface area contributed by atoms with E-state index in [2.05, 4.69) is 22.5 Å². The van der Waals surface area contributed by atoms with E-state index in [1.165, 1.54) is 32.2 Å². The molecular formula is C19H31N3O2S. The SMILES string of the molecule is CC[C@H]1CCCCN1CCCNC(=S)Nc1ccc(OC)c(OC)c1. The van der Waals surface area contributed by atoms with Crippen LogP contribution in [0.3, 0.4) is 0 Å². The molecule has 0 unspecified atom stereocenters. The first-order chi connectivity index (χ1) is 12.2. The van der Waals surface area contributed by atoms with E-state index in [1.807, 2.05) is 18.2 Å². The van der Waals surface area contributed by atoms with Crippen LogP contribution in [0, 0.1) is 0 Å². The molecule has 0 aliphatic carbocycles. The number of piperidine rings is 1. The number of methoxy groups -OCH3 is 2. The molecule has 2 rings (SSSR count). The van der Waals surface area contributed by atoms with E-state index in [9.17, 15) is 0 Å². The summed E-state index contributed by atoms with van der Waals surface area (Å²) in [4.78, 5) is 2.63. The Labute approximate surface area is 157 Å². The Balaban J connectivity index is 1.72. The van der Waals surface area contributed by atoms with Crippen molar-refractivity contribution in [2.45, 2.75) is 45.1 Å². The monoisotopic (exact) mass is 365 g/mol. The second-order valence-electron chi connectivity index (χ2n) is 6.40. The van der Waals surface area contributed by atoms with E-state index in [1.54, 1.807) is 14.2 Å². The Morgan fingerprint density at radius 2 is 2.04 bits per heavy atom. The molecule has 5 nitrogen and oxygen atoms in total. The van der Waals surface area contributed by atoms with Crippen LogP contribution in [0.5, 0.6) is 11.5 Å². The zero-order valence-electron chi connectivity index (χ0n) is 15.6. The smallest absolute Gasteiger partial charge is 0.170 e. The van der Waals surface area contributed by atoms with Gasteiger partial charge in [0.05, 0.1) is 14.2 Å². The fourth-order valence-electron chi connectivity index (χ4n) is 3.39. The van der Waals surface area contributed by atoms with Crippen molar-refractivity contribution in [1.29, 1.82) is 0 Å². The number of rotatable bonds is 8. The van der Waals surface area contributed by atoms with Gasteiger partial charge in [-0.3, -0.25) is 0 Å². The zero-order valence-corrected chi connectivity index (χ0v) is 16.5. The van der Waals surface area contributed by atoms with E-state index in [4.69, 9.17) is 21.7 Å². The second kappa shape index (κ2) is 10.5. The third-order valence-corrected chi connectivity index (χ3v) is 5.02. The number of nitrogens with one attached hydrogen (secondary N) is 2. The standard InChI is InChI=1S/C19H31N3O2S/c1-4-16-8-5-6-12-22(16)13-7-11-20-19(25)21-15-9-10-17(23-2)18(14-15)24-3/h9-10,14,16H,4-8,11-13H2,1-3H3,(H2,20,21,25)/t16-/m0/s1. The van der Waals surface area contributed by atoms with Gasteiger partial charge in [-0.1, -0.05) is 13.3 Å². The number of benzene rings is 1. The summed E-state index contributed by atoms with van der Waals surface area (Å²) in [6, 6.07) is 6.44. The van der Waals surface area contributed by atoms with E-state index in [0.717, 1.165) is 31.2 Å². The molecule has 1 aromatic carbocycles. The lowest BCUT2D eigenvalue weighted by Crippen LogP contribution is -2.40. The maximum absolute atomic E-state index is 5.38. The average Bonchev–Trinajstić information content (AvgIpc) is 2.65. The molecule has 6 heteroatoms. The summed E-state index contributed by atoms with van der Waals surface area (Å²) in [5.74, 6) is 1.39. The lowest BCUT2D eigenvalue weighted by atomic mass is 10.00. The molecule has 1 heterocycles. The molecule has 1 saturated heterocycles. The number of hydrogen-bond acceptors (Lipinski definition) is 4. The molecule has 1 aromatic rings. The summed E-state index contributed by atoms with van der Waals surface area (Å²) in [6.45, 7) is 5.56. The van der Waals surface area contributed by atoms with E-state index in [0.29, 0.717) is 16.6 Å². The lowest BCUT2D eigenvalue weighted by molar-refractivity contribution is 0.143. The van der Waals surface area contributed by atoms with Crippen LogP contribution in [0.2, 0.25) is 0 Å². The quantitative estimate of drug-likeness (QED) is 0.542. The summed E-state index contributed by atoms with van der Waals surface area (Å²) < 4.78 is 10.6. The molecule has 1 aliphatic heterocycles. The number of anilines is 1. The fourth-order valence-corrected chi connectivity index (χ4v) is 3.61. The van der Waals surface area contributed by atoms with Crippen LogP contribution >= 0.6 is 12.2 Å². The molecule has 0 radical (unpaired) electrons. The van der Waals surface area contributed by atoms with Gasteiger partial charge >= 0.3 is 0 Å². The van der Waals surface area contributed by atoms with Gasteiger partial charge in [-0.15, -0.1) is 0 Å². The highest BCUT2D eigenvalue weighted by Crippen LogP contribution is 2.29. The maximum Gasteiger partial charge on any atom is 0.170 e. The highest BCUT2D eigenvalue weighted by atomic mass is 32.1. The van der Waals surface area contributed by atoms with Crippen molar-refractivity contribution in [3.8, 4) is 11.5 Å². The van der Waals surface area contributed by atoms with Crippen molar-refractivity contribution in [3.05, 3.63) is 18.2 Å². The van der Waals surface area contributed by atoms with Crippen LogP contribution in [0.25, 0.3) is 0 Å². The predicted molar refractivity (Wildman–Crippen MR) is 108 cm³/mol. The summed E-state index contributed by atoms with van der Waals surface area (Å²) in [7, 11) is 3.25. The Hall–Kier alpha value is -1.53. The normalized spacial score (nSPS) is 17.8. The molecule has 1 fully saturated rings. The van der Waals surface area contributed by atoms with Crippen molar-refractivity contribution >= 4 is 23.0 Å². The fraction of sp³-hybridized carbons (Fsp3) is 0.632. The number of nitrogens with zero attached hydrogens (tertiary/aromatic N) is 1. The zero-order chi connectivity index (χ0) is 18.1. The summed E-state index contributed by atoms with van der Waals surface area (Å²) in [5.41, 5.74) is 0.886. The maximum atomic E-state index is 5.38. The second-order valence-corrected chi connectivity index (χ2v) is 6.81. The third kappa shape index (κ3) is 6.04. The lowest BCUT2D eigenvalue weighted by Gasteiger charge is -2.35. The minimum Gasteiger partial charge on any atom is -0.493 e. The van der Waals surface area contributed by atoms with Crippen LogP contribution in [-0.2, 0) is 0 Å². The molecule has 0 aromatic heterocycles. The molecule has 1 aliphatic rings. The van der Waals surface area contributed by atoms with Crippen molar-refractivity contribution in [2.75, 3.05) is 39.2 Å². The molecule has 0 spiro atoms. The van der Waals surface area contributed by atoms with Gasteiger partial charge in [0.1, 0.15) is 0 Å². The van der Waals surface area contributed by atoms with E-state index in [-0.39, 0.29) is 0 Å². The predicted octanol–water partition coefficient (Wildman–Crippen LogP) is 3.64. The van der Waals surface area contributed by atoms with Crippen LogP contribution in [0.4, 0.5) is 5.69 Å². The Bertz CT molecular complexity index is 553. The average molecular weight is 366 g/mol. The molecule has 0 amide bonds. The van der Waals surface area contributed by atoms with Gasteiger partial charge in [0, 0.05) is 30.9 Å². The summed E-state index contributed by atoms with van der Waals surface area (Å²) >= 11 is 5.38. The molecule has 0 bridgehead atoms. The first-order valence-electron chi connectivity index (χ1n) is 9.18. The summed E-state index contributed by atoms with van der Waals surface area (Å²) in [5, 5.41) is 7.13. The number of thiocarbonyl (C=S) groups is 1. The van der Waals surface area contributed by atoms with Gasteiger partial charge in [-0.2, -0.15) is 0 Å². The molecular weight excluding hydrogens is 334 g/mol. The third-order valence-electron chi connectivity index (χ3n) is 4.77. The molecule has 25 heavy (non-hydrogen) atoms. The van der Waals surface area contributed by atoms with Crippen LogP contribution in [0.1, 0.15) is 39.0 Å². The molecule has 1 atom stereocenters. The highest BCUT2D eigenvalue weighted by molar-refractivity contribution is 7.80. The van der Waals surface area contributed by atoms with E-state index >= 15 is 0 Å². The van der Waals surface area contributed by atoms with Crippen LogP contribution < -0.4 is 20.1 Å². The van der Waals surface area contributed by atoms with Gasteiger partial charge in [0.2, 0.25) is 0 Å². The van der Waals surface area contributed by atoms with Crippen LogP contribution in [0.15, 0.2) is 18.2 Å². The van der Waals surface area contributed by atoms with Gasteiger partial charge in [0.25, 0.3) is 0 Å². The van der Waals surface area contributed by atoms with Gasteiger partial charge in [-0.05, 0) is 56.6 Å². The Morgan fingerprint density at radius 1 is 1.24 bits per heavy atom. The largest absolute Gasteiger partial charge is 0.493 e. The van der Waals surface area contributed by atoms with Crippen molar-refractivity contribution in [2.24, 2.45) is 0 Å². The topological polar surface area (TPSA) is 45.8 Å². The number of ether oxygens (including phenoxy) is 2. The Kier molecular flexibility index (Phi) is 8.28. The minimum absolute atomic E-state index is 0.637. The Morgan fingerprint density at radius 3 is 2.76 bits per heavy atom. The van der Waals surface area contributed by atoms with Crippen molar-refractivity contribution < 1.29 is 9.47 Å². The van der Waals surface area contributed by atoms with E-state index < -0.39 is 0 Å². The van der Waals surface area contributed by atoms with Gasteiger partial charge < -0.3 is 25.0 Å². The summed E-state index contributed by atoms with van der Waals surface area (Å²) in [6.07, 6.45) is 6.43. The first kappa shape index (κ1) is 19.8. The van der Waals surface area contributed by atoms with Crippen molar-refractivity contribution in [3.63, 3.8) is 0 Å². The molecule has 2 N–H and O–H groups in total. The van der Waals surface area contributed by atoms with Gasteiger partial charge in [-0.25, -0.2) is 0 Å². The minimum atomic E-state index is 0.637. The number of hydrogen-bond donors (Lipinski definition) is 2. The van der Waals surface area contributed by atoms with Gasteiger partial charge in [0.15, 0.2) is 16.6 Å². The molecule has 140 valence electrons. The first-order valence-corrected chi connectivity index (χ1v) is 9.59. The number of likely N-dealkylation sites (tertiary alicyclic amines) is 1. The van der Waals surface area contributed by atoms with Crippen molar-refractivity contribution in [1.82, 2.24) is 10.2 Å². The molecule has 0 saturated carbocycles. The highest BCUT2D eigenvalue weighted by Gasteiger charge is 2.19.